The smallest absolute Gasteiger partial charge is 0.267 e. The topological polar surface area (TPSA) is 92.2 Å². The van der Waals surface area contributed by atoms with Gasteiger partial charge in [0.1, 0.15) is 17.5 Å². The summed E-state index contributed by atoms with van der Waals surface area (Å²) in [5.74, 6) is -0.320. The van der Waals surface area contributed by atoms with Crippen molar-refractivity contribution in [2.45, 2.75) is 19.1 Å². The number of carbonyl (C=O) groups excluding carboxylic acids is 1. The second-order valence-electron chi connectivity index (χ2n) is 6.02. The van der Waals surface area contributed by atoms with Crippen LogP contribution in [0.1, 0.15) is 27.3 Å². The van der Waals surface area contributed by atoms with Crippen LogP contribution in [0.15, 0.2) is 36.4 Å². The maximum atomic E-state index is 12.0. The number of fused-ring (bicyclic) bond motifs is 1. The van der Waals surface area contributed by atoms with Crippen LogP contribution in [0.4, 0.5) is 0 Å². The van der Waals surface area contributed by atoms with E-state index in [1.165, 1.54) is 11.1 Å². The van der Waals surface area contributed by atoms with Crippen LogP contribution in [0.2, 0.25) is 0 Å². The van der Waals surface area contributed by atoms with Gasteiger partial charge in [0.2, 0.25) is 0 Å². The van der Waals surface area contributed by atoms with Crippen molar-refractivity contribution in [3.05, 3.63) is 58.9 Å². The van der Waals surface area contributed by atoms with Crippen LogP contribution in [-0.4, -0.2) is 46.6 Å². The maximum absolute atomic E-state index is 12.0. The van der Waals surface area contributed by atoms with Crippen LogP contribution >= 0.6 is 0 Å². The molecule has 1 aliphatic heterocycles. The molecule has 0 radical (unpaired) electrons. The van der Waals surface area contributed by atoms with E-state index in [4.69, 9.17) is 5.26 Å². The number of aliphatic hydroxyl groups excluding tert-OH is 1. The summed E-state index contributed by atoms with van der Waals surface area (Å²) in [6.07, 6.45) is 0.346. The summed E-state index contributed by atoms with van der Waals surface area (Å²) in [6, 6.07) is 13.4. The van der Waals surface area contributed by atoms with E-state index < -0.39 is 6.10 Å². The number of hydrogen-bond donors (Lipinski definition) is 3. The highest BCUT2D eigenvalue weighted by Crippen LogP contribution is 2.18. The molecule has 1 unspecified atom stereocenters. The van der Waals surface area contributed by atoms with Gasteiger partial charge in [0, 0.05) is 26.2 Å². The van der Waals surface area contributed by atoms with Crippen molar-refractivity contribution in [3.63, 3.8) is 0 Å². The summed E-state index contributed by atoms with van der Waals surface area (Å²) in [5, 5.41) is 21.6. The lowest BCUT2D eigenvalue weighted by atomic mass is 10.00. The average Bonchev–Trinajstić information content (AvgIpc) is 3.09. The number of rotatable bonds is 5. The maximum Gasteiger partial charge on any atom is 0.267 e. The highest BCUT2D eigenvalue weighted by molar-refractivity contribution is 5.92. The van der Waals surface area contributed by atoms with Crippen molar-refractivity contribution < 1.29 is 9.90 Å². The van der Waals surface area contributed by atoms with Crippen molar-refractivity contribution in [2.75, 3.05) is 19.6 Å². The molecule has 1 aromatic carbocycles. The third-order valence-electron chi connectivity index (χ3n) is 4.23. The quantitative estimate of drug-likeness (QED) is 0.766. The minimum absolute atomic E-state index is 0.178. The fourth-order valence-electron chi connectivity index (χ4n) is 2.97. The van der Waals surface area contributed by atoms with Gasteiger partial charge in [0.15, 0.2) is 0 Å². The van der Waals surface area contributed by atoms with Crippen molar-refractivity contribution in [1.82, 2.24) is 15.2 Å². The van der Waals surface area contributed by atoms with Gasteiger partial charge in [-0.15, -0.1) is 0 Å². The molecule has 1 aromatic heterocycles. The molecule has 1 atom stereocenters. The van der Waals surface area contributed by atoms with Gasteiger partial charge in [-0.25, -0.2) is 0 Å². The fraction of sp³-hybridized carbons (Fsp3) is 0.333. The number of hydrogen-bond acceptors (Lipinski definition) is 4. The Balaban J connectivity index is 1.47. The van der Waals surface area contributed by atoms with Crippen LogP contribution in [0.5, 0.6) is 0 Å². The molecule has 2 aromatic rings. The van der Waals surface area contributed by atoms with E-state index in [0.29, 0.717) is 17.9 Å². The molecule has 3 rings (SSSR count). The standard InChI is InChI=1S/C18H20N4O2/c19-9-15-5-6-17(21-15)18(24)20-10-16(23)12-22-8-7-13-3-1-2-4-14(13)11-22/h1-6,16,21,23H,7-8,10-12H2,(H,20,24). The van der Waals surface area contributed by atoms with Gasteiger partial charge in [-0.3, -0.25) is 9.69 Å². The van der Waals surface area contributed by atoms with Crippen LogP contribution in [-0.2, 0) is 13.0 Å². The van der Waals surface area contributed by atoms with Gasteiger partial charge >= 0.3 is 0 Å². The van der Waals surface area contributed by atoms with Crippen LogP contribution < -0.4 is 5.32 Å². The highest BCUT2D eigenvalue weighted by Gasteiger charge is 2.19. The zero-order chi connectivity index (χ0) is 16.9. The Hall–Kier alpha value is -2.62. The van der Waals surface area contributed by atoms with Gasteiger partial charge in [-0.05, 0) is 29.7 Å². The van der Waals surface area contributed by atoms with Gasteiger partial charge in [0.05, 0.1) is 6.10 Å². The number of β-amino-alcohol motifs (C(OH)–C–C–N with tert-alkyl or cyclic N) is 1. The Kier molecular flexibility index (Phi) is 4.94. The SMILES string of the molecule is N#Cc1ccc(C(=O)NCC(O)CN2CCc3ccccc3C2)[nH]1. The first kappa shape index (κ1) is 16.2. The second kappa shape index (κ2) is 7.30. The van der Waals surface area contributed by atoms with Gasteiger partial charge in [-0.2, -0.15) is 5.26 Å². The molecule has 1 aliphatic rings. The first-order chi connectivity index (χ1) is 11.7. The zero-order valence-corrected chi connectivity index (χ0v) is 13.3. The van der Waals surface area contributed by atoms with E-state index in [1.54, 1.807) is 12.1 Å². The zero-order valence-electron chi connectivity index (χ0n) is 13.3. The predicted molar refractivity (Wildman–Crippen MR) is 89.3 cm³/mol. The summed E-state index contributed by atoms with van der Waals surface area (Å²) in [4.78, 5) is 16.9. The monoisotopic (exact) mass is 324 g/mol. The summed E-state index contributed by atoms with van der Waals surface area (Å²) >= 11 is 0. The number of nitrogens with zero attached hydrogens (tertiary/aromatic N) is 2. The van der Waals surface area contributed by atoms with Gasteiger partial charge < -0.3 is 15.4 Å². The van der Waals surface area contributed by atoms with Gasteiger partial charge in [-0.1, -0.05) is 24.3 Å². The highest BCUT2D eigenvalue weighted by atomic mass is 16.3. The third kappa shape index (κ3) is 3.82. The van der Waals surface area contributed by atoms with E-state index in [0.717, 1.165) is 19.5 Å². The molecule has 2 heterocycles. The normalized spacial score (nSPS) is 15.3. The Bertz CT molecular complexity index is 762. The van der Waals surface area contributed by atoms with Crippen molar-refractivity contribution in [3.8, 4) is 6.07 Å². The van der Waals surface area contributed by atoms with E-state index >= 15 is 0 Å². The lowest BCUT2D eigenvalue weighted by molar-refractivity contribution is 0.0838. The van der Waals surface area contributed by atoms with Crippen LogP contribution in [0.25, 0.3) is 0 Å². The molecule has 6 heteroatoms. The predicted octanol–water partition coefficient (Wildman–Crippen LogP) is 1.04. The molecule has 0 aliphatic carbocycles. The van der Waals surface area contributed by atoms with Crippen LogP contribution in [0.3, 0.4) is 0 Å². The Morgan fingerprint density at radius 1 is 1.33 bits per heavy atom. The van der Waals surface area contributed by atoms with Gasteiger partial charge in [0.25, 0.3) is 5.91 Å². The molecule has 0 saturated carbocycles. The summed E-state index contributed by atoms with van der Waals surface area (Å²) in [5.41, 5.74) is 3.34. The third-order valence-corrected chi connectivity index (χ3v) is 4.23. The Labute approximate surface area is 140 Å². The molecular formula is C18H20N4O2. The summed E-state index contributed by atoms with van der Waals surface area (Å²) < 4.78 is 0. The molecule has 0 fully saturated rings. The number of H-pyrrole nitrogens is 1. The first-order valence-corrected chi connectivity index (χ1v) is 8.00. The number of aromatic nitrogens is 1. The summed E-state index contributed by atoms with van der Waals surface area (Å²) in [6.45, 7) is 2.42. The molecule has 24 heavy (non-hydrogen) atoms. The number of aliphatic hydroxyl groups is 1. The molecule has 124 valence electrons. The van der Waals surface area contributed by atoms with E-state index in [9.17, 15) is 9.90 Å². The lowest BCUT2D eigenvalue weighted by Crippen LogP contribution is -2.42. The largest absolute Gasteiger partial charge is 0.390 e. The first-order valence-electron chi connectivity index (χ1n) is 8.00. The average molecular weight is 324 g/mol. The van der Waals surface area contributed by atoms with Crippen molar-refractivity contribution >= 4 is 5.91 Å². The number of carbonyl (C=O) groups is 1. The molecule has 6 nitrogen and oxygen atoms in total. The number of aromatic amines is 1. The minimum Gasteiger partial charge on any atom is -0.390 e. The second-order valence-corrected chi connectivity index (χ2v) is 6.02. The molecule has 0 bridgehead atoms. The van der Waals surface area contributed by atoms with Crippen molar-refractivity contribution in [2.24, 2.45) is 0 Å². The number of nitrogens with one attached hydrogen (secondary N) is 2. The lowest BCUT2D eigenvalue weighted by Gasteiger charge is -2.30. The molecule has 1 amide bonds. The van der Waals surface area contributed by atoms with Crippen molar-refractivity contribution in [1.29, 1.82) is 5.26 Å². The van der Waals surface area contributed by atoms with Crippen LogP contribution in [0, 0.1) is 11.3 Å². The Morgan fingerprint density at radius 2 is 2.12 bits per heavy atom. The summed E-state index contributed by atoms with van der Waals surface area (Å²) in [7, 11) is 0. The Morgan fingerprint density at radius 3 is 2.88 bits per heavy atom. The molecule has 3 N–H and O–H groups in total. The number of amides is 1. The molecule has 0 saturated heterocycles. The number of benzene rings is 1. The minimum atomic E-state index is -0.635. The molecule has 0 spiro atoms. The number of nitriles is 1. The van der Waals surface area contributed by atoms with E-state index in [-0.39, 0.29) is 12.5 Å². The molecular weight excluding hydrogens is 304 g/mol. The van der Waals surface area contributed by atoms with E-state index in [1.807, 2.05) is 12.1 Å². The fourth-order valence-corrected chi connectivity index (χ4v) is 2.97. The van der Waals surface area contributed by atoms with E-state index in [2.05, 4.69) is 33.4 Å².